The van der Waals surface area contributed by atoms with Gasteiger partial charge in [0.05, 0.1) is 14.3 Å². The van der Waals surface area contributed by atoms with Crippen LogP contribution in [0.4, 0.5) is 5.69 Å². The number of oxime groups is 1. The number of halogens is 1. The van der Waals surface area contributed by atoms with E-state index in [1.807, 2.05) is 0 Å². The highest BCUT2D eigenvalue weighted by Gasteiger charge is 2.18. The predicted octanol–water partition coefficient (Wildman–Crippen LogP) is 3.00. The Morgan fingerprint density at radius 2 is 2.24 bits per heavy atom. The molecule has 1 aromatic carbocycles. The zero-order valence-electron chi connectivity index (χ0n) is 10.4. The van der Waals surface area contributed by atoms with Gasteiger partial charge in [0.25, 0.3) is 5.69 Å². The van der Waals surface area contributed by atoms with Gasteiger partial charge in [0, 0.05) is 17.8 Å². The van der Waals surface area contributed by atoms with Gasteiger partial charge in [-0.05, 0) is 40.2 Å². The zero-order valence-corrected chi connectivity index (χ0v) is 12.8. The molecule has 0 spiro atoms. The Morgan fingerprint density at radius 1 is 1.48 bits per heavy atom. The topological polar surface area (TPSA) is 115 Å². The standard InChI is InChI=1S/C12H9BrN4O3S/c13-8-2-1-5-15-12(8)21-10-4-3-7(11(14)16-18)6-9(10)17(19)20/h1-6,18H,(H2,14,16). The first-order valence-corrected chi connectivity index (χ1v) is 7.18. The number of nitro benzene ring substituents is 1. The minimum absolute atomic E-state index is 0.137. The number of hydrogen-bond acceptors (Lipinski definition) is 6. The smallest absolute Gasteiger partial charge is 0.284 e. The Kier molecular flexibility index (Phi) is 4.76. The summed E-state index contributed by atoms with van der Waals surface area (Å²) in [5.41, 5.74) is 5.58. The summed E-state index contributed by atoms with van der Waals surface area (Å²) in [5.74, 6) is -0.186. The summed E-state index contributed by atoms with van der Waals surface area (Å²) in [6.07, 6.45) is 1.60. The third kappa shape index (κ3) is 3.50. The molecule has 0 aliphatic heterocycles. The van der Waals surface area contributed by atoms with Crippen molar-refractivity contribution in [1.29, 1.82) is 0 Å². The third-order valence-corrected chi connectivity index (χ3v) is 4.48. The van der Waals surface area contributed by atoms with Gasteiger partial charge in [0.15, 0.2) is 5.84 Å². The van der Waals surface area contributed by atoms with Crippen LogP contribution < -0.4 is 5.73 Å². The van der Waals surface area contributed by atoms with Gasteiger partial charge in [-0.2, -0.15) is 0 Å². The maximum atomic E-state index is 11.2. The molecule has 0 amide bonds. The molecule has 0 unspecified atom stereocenters. The molecule has 2 aromatic rings. The number of nitrogens with zero attached hydrogens (tertiary/aromatic N) is 3. The first-order valence-electron chi connectivity index (χ1n) is 5.57. The Hall–Kier alpha value is -2.13. The maximum absolute atomic E-state index is 11.2. The molecule has 0 bridgehead atoms. The van der Waals surface area contributed by atoms with E-state index < -0.39 is 4.92 Å². The fraction of sp³-hybridized carbons (Fsp3) is 0. The van der Waals surface area contributed by atoms with Gasteiger partial charge in [-0.3, -0.25) is 10.1 Å². The number of pyridine rings is 1. The van der Waals surface area contributed by atoms with Crippen molar-refractivity contribution in [2.75, 3.05) is 0 Å². The molecule has 0 saturated heterocycles. The molecular formula is C12H9BrN4O3S. The lowest BCUT2D eigenvalue weighted by atomic mass is 10.2. The molecule has 0 aliphatic rings. The molecule has 3 N–H and O–H groups in total. The maximum Gasteiger partial charge on any atom is 0.284 e. The van der Waals surface area contributed by atoms with Crippen LogP contribution >= 0.6 is 27.7 Å². The molecule has 7 nitrogen and oxygen atoms in total. The second kappa shape index (κ2) is 6.55. The molecule has 2 rings (SSSR count). The summed E-state index contributed by atoms with van der Waals surface area (Å²) >= 11 is 4.49. The van der Waals surface area contributed by atoms with Crippen LogP contribution in [0.25, 0.3) is 0 Å². The Bertz CT molecular complexity index is 723. The summed E-state index contributed by atoms with van der Waals surface area (Å²) in [6.45, 7) is 0. The monoisotopic (exact) mass is 368 g/mol. The summed E-state index contributed by atoms with van der Waals surface area (Å²) in [4.78, 5) is 15.2. The van der Waals surface area contributed by atoms with Gasteiger partial charge in [0.1, 0.15) is 5.03 Å². The van der Waals surface area contributed by atoms with E-state index in [9.17, 15) is 10.1 Å². The molecule has 0 fully saturated rings. The molecular weight excluding hydrogens is 360 g/mol. The summed E-state index contributed by atoms with van der Waals surface area (Å²) in [5, 5.41) is 23.2. The van der Waals surface area contributed by atoms with Crippen molar-refractivity contribution in [3.8, 4) is 0 Å². The molecule has 0 radical (unpaired) electrons. The number of aromatic nitrogens is 1. The van der Waals surface area contributed by atoms with Crippen LogP contribution in [-0.4, -0.2) is 21.0 Å². The van der Waals surface area contributed by atoms with Crippen LogP contribution in [0.3, 0.4) is 0 Å². The van der Waals surface area contributed by atoms with Crippen LogP contribution in [0, 0.1) is 10.1 Å². The Morgan fingerprint density at radius 3 is 2.86 bits per heavy atom. The first kappa shape index (κ1) is 15.3. The normalized spacial score (nSPS) is 11.4. The molecule has 0 aliphatic carbocycles. The van der Waals surface area contributed by atoms with Gasteiger partial charge in [0.2, 0.25) is 0 Å². The van der Waals surface area contributed by atoms with Gasteiger partial charge in [-0.25, -0.2) is 4.98 Å². The van der Waals surface area contributed by atoms with Crippen molar-refractivity contribution in [1.82, 2.24) is 4.98 Å². The van der Waals surface area contributed by atoms with Crippen LogP contribution in [-0.2, 0) is 0 Å². The van der Waals surface area contributed by atoms with E-state index in [1.54, 1.807) is 24.4 Å². The molecule has 21 heavy (non-hydrogen) atoms. The average molecular weight is 369 g/mol. The summed E-state index contributed by atoms with van der Waals surface area (Å²) < 4.78 is 0.741. The molecule has 0 atom stereocenters. The van der Waals surface area contributed by atoms with Gasteiger partial charge in [-0.1, -0.05) is 16.9 Å². The van der Waals surface area contributed by atoms with Crippen molar-refractivity contribution >= 4 is 39.2 Å². The van der Waals surface area contributed by atoms with Gasteiger partial charge >= 0.3 is 0 Å². The minimum Gasteiger partial charge on any atom is -0.409 e. The number of hydrogen-bond donors (Lipinski definition) is 2. The van der Waals surface area contributed by atoms with E-state index in [4.69, 9.17) is 10.9 Å². The molecule has 0 saturated carbocycles. The lowest BCUT2D eigenvalue weighted by molar-refractivity contribution is -0.387. The number of benzene rings is 1. The van der Waals surface area contributed by atoms with Crippen molar-refractivity contribution in [3.05, 3.63) is 56.7 Å². The van der Waals surface area contributed by atoms with E-state index >= 15 is 0 Å². The largest absolute Gasteiger partial charge is 0.409 e. The van der Waals surface area contributed by atoms with Crippen LogP contribution in [0.1, 0.15) is 5.56 Å². The second-order valence-corrected chi connectivity index (χ2v) is 5.70. The van der Waals surface area contributed by atoms with Crippen molar-refractivity contribution < 1.29 is 10.1 Å². The quantitative estimate of drug-likeness (QED) is 0.282. The summed E-state index contributed by atoms with van der Waals surface area (Å²) in [6, 6.07) is 7.89. The molecule has 1 aromatic heterocycles. The second-order valence-electron chi connectivity index (χ2n) is 3.82. The van der Waals surface area contributed by atoms with Gasteiger partial charge < -0.3 is 10.9 Å². The van der Waals surface area contributed by atoms with Crippen LogP contribution in [0.5, 0.6) is 0 Å². The van der Waals surface area contributed by atoms with Gasteiger partial charge in [-0.15, -0.1) is 0 Å². The Labute approximate surface area is 132 Å². The molecule has 108 valence electrons. The van der Waals surface area contributed by atoms with Crippen LogP contribution in [0.15, 0.2) is 56.1 Å². The lowest BCUT2D eigenvalue weighted by Crippen LogP contribution is -2.13. The van der Waals surface area contributed by atoms with E-state index in [0.717, 1.165) is 16.2 Å². The van der Waals surface area contributed by atoms with E-state index in [2.05, 4.69) is 26.1 Å². The van der Waals surface area contributed by atoms with E-state index in [0.29, 0.717) is 9.92 Å². The van der Waals surface area contributed by atoms with Crippen molar-refractivity contribution in [2.24, 2.45) is 10.9 Å². The highest BCUT2D eigenvalue weighted by Crippen LogP contribution is 2.37. The highest BCUT2D eigenvalue weighted by atomic mass is 79.9. The van der Waals surface area contributed by atoms with E-state index in [-0.39, 0.29) is 17.1 Å². The number of rotatable bonds is 4. The molecule has 9 heteroatoms. The van der Waals surface area contributed by atoms with Crippen molar-refractivity contribution in [3.63, 3.8) is 0 Å². The van der Waals surface area contributed by atoms with Crippen molar-refractivity contribution in [2.45, 2.75) is 9.92 Å². The number of amidine groups is 1. The Balaban J connectivity index is 2.44. The fourth-order valence-electron chi connectivity index (χ4n) is 1.51. The van der Waals surface area contributed by atoms with Crippen LogP contribution in [0.2, 0.25) is 0 Å². The average Bonchev–Trinajstić information content (AvgIpc) is 2.49. The lowest BCUT2D eigenvalue weighted by Gasteiger charge is -2.06. The molecule has 1 heterocycles. The summed E-state index contributed by atoms with van der Waals surface area (Å²) in [7, 11) is 0. The zero-order chi connectivity index (χ0) is 15.4. The highest BCUT2D eigenvalue weighted by molar-refractivity contribution is 9.10. The number of nitrogens with two attached hydrogens (primary N) is 1. The fourth-order valence-corrected chi connectivity index (χ4v) is 2.87. The predicted molar refractivity (Wildman–Crippen MR) is 81.7 cm³/mol. The van der Waals surface area contributed by atoms with E-state index in [1.165, 1.54) is 12.1 Å². The number of nitro groups is 1. The minimum atomic E-state index is -0.521. The SMILES string of the molecule is NC(=NO)c1ccc(Sc2ncccc2Br)c([N+](=O)[O-])c1. The first-order chi connectivity index (χ1) is 10.0. The third-order valence-electron chi connectivity index (χ3n) is 2.49.